The minimum absolute atomic E-state index is 0.0875. The van der Waals surface area contributed by atoms with Gasteiger partial charge in [0.25, 0.3) is 0 Å². The van der Waals surface area contributed by atoms with Crippen molar-refractivity contribution in [2.75, 3.05) is 18.1 Å². The third-order valence-electron chi connectivity index (χ3n) is 9.85. The van der Waals surface area contributed by atoms with E-state index in [1.807, 2.05) is 18.2 Å². The lowest BCUT2D eigenvalue weighted by atomic mass is 10.0. The largest absolute Gasteiger partial charge is 0.398 e. The SMILES string of the molecule is N/C(=C\C(NCC1=CC=CCN1n1c2ccccc2c2ccc3c4ccccc4n(-c4ccccc4)c3c21)c1ccccc1)c1ccccc1. The third-order valence-corrected chi connectivity index (χ3v) is 9.85. The Bertz CT molecular complexity index is 2570. The van der Waals surface area contributed by atoms with Gasteiger partial charge in [-0.15, -0.1) is 0 Å². The maximum atomic E-state index is 6.70. The number of rotatable bonds is 8. The van der Waals surface area contributed by atoms with Gasteiger partial charge in [-0.1, -0.05) is 140 Å². The molecule has 0 radical (unpaired) electrons. The molecule has 50 heavy (non-hydrogen) atoms. The minimum atomic E-state index is -0.0875. The summed E-state index contributed by atoms with van der Waals surface area (Å²) in [4.78, 5) is 0. The molecule has 0 bridgehead atoms. The van der Waals surface area contributed by atoms with Crippen LogP contribution in [0, 0.1) is 0 Å². The predicted octanol–water partition coefficient (Wildman–Crippen LogP) is 9.61. The molecule has 9 rings (SSSR count). The molecular formula is C45H37N5. The Kier molecular flexibility index (Phi) is 7.52. The molecule has 242 valence electrons. The van der Waals surface area contributed by atoms with Gasteiger partial charge >= 0.3 is 0 Å². The number of nitrogens with zero attached hydrogens (tertiary/aromatic N) is 3. The molecule has 3 heterocycles. The Labute approximate surface area is 291 Å². The standard InChI is InChI=1S/C45H37N5/c46-40(32-16-4-1-5-17-32)30-41(33-18-6-2-7-19-33)47-31-35-22-14-15-29-48(35)50-43-26-13-11-24-37(43)39-28-27-38-36-23-10-12-25-42(36)49(44(38)45(39)50)34-20-8-3-9-21-34/h1-28,30,41,47H,29,31,46H2/b40-30-. The first-order chi connectivity index (χ1) is 24.8. The monoisotopic (exact) mass is 647 g/mol. The van der Waals surface area contributed by atoms with Gasteiger partial charge in [-0.05, 0) is 47.5 Å². The molecule has 1 aliphatic heterocycles. The smallest absolute Gasteiger partial charge is 0.0959 e. The van der Waals surface area contributed by atoms with Gasteiger partial charge in [0.1, 0.15) is 0 Å². The van der Waals surface area contributed by atoms with Crippen LogP contribution in [0.4, 0.5) is 0 Å². The van der Waals surface area contributed by atoms with Crippen molar-refractivity contribution in [2.45, 2.75) is 6.04 Å². The number of fused-ring (bicyclic) bond motifs is 7. The van der Waals surface area contributed by atoms with Gasteiger partial charge in [-0.2, -0.15) is 0 Å². The number of aromatic nitrogens is 2. The van der Waals surface area contributed by atoms with Crippen LogP contribution in [0.1, 0.15) is 17.2 Å². The fourth-order valence-corrected chi connectivity index (χ4v) is 7.53. The molecule has 1 atom stereocenters. The molecule has 5 nitrogen and oxygen atoms in total. The summed E-state index contributed by atoms with van der Waals surface area (Å²) in [6, 6.07) is 53.5. The van der Waals surface area contributed by atoms with E-state index < -0.39 is 0 Å². The Morgan fingerprint density at radius 2 is 1.24 bits per heavy atom. The molecule has 5 heteroatoms. The van der Waals surface area contributed by atoms with Gasteiger partial charge in [0.2, 0.25) is 0 Å². The van der Waals surface area contributed by atoms with Crippen LogP contribution in [0.2, 0.25) is 0 Å². The number of allylic oxidation sites excluding steroid dienone is 2. The fraction of sp³-hybridized carbons (Fsp3) is 0.0667. The highest BCUT2D eigenvalue weighted by atomic mass is 15.6. The number of nitrogens with two attached hydrogens (primary N) is 1. The highest BCUT2D eigenvalue weighted by Gasteiger charge is 2.25. The average Bonchev–Trinajstić information content (AvgIpc) is 3.71. The average molecular weight is 648 g/mol. The first kappa shape index (κ1) is 29.8. The normalized spacial score (nSPS) is 14.2. The molecule has 3 N–H and O–H groups in total. The highest BCUT2D eigenvalue weighted by molar-refractivity contribution is 6.23. The van der Waals surface area contributed by atoms with E-state index in [2.05, 4.69) is 177 Å². The maximum Gasteiger partial charge on any atom is 0.0959 e. The van der Waals surface area contributed by atoms with Crippen molar-refractivity contribution in [3.8, 4) is 5.69 Å². The summed E-state index contributed by atoms with van der Waals surface area (Å²) in [5, 5.41) is 11.2. The summed E-state index contributed by atoms with van der Waals surface area (Å²) in [7, 11) is 0. The Morgan fingerprint density at radius 3 is 1.98 bits per heavy atom. The fourth-order valence-electron chi connectivity index (χ4n) is 7.53. The van der Waals surface area contributed by atoms with Crippen molar-refractivity contribution in [3.05, 3.63) is 193 Å². The Hall–Kier alpha value is -6.30. The van der Waals surface area contributed by atoms with Gasteiger partial charge in [0.15, 0.2) is 0 Å². The zero-order valence-electron chi connectivity index (χ0n) is 27.7. The molecule has 0 amide bonds. The van der Waals surface area contributed by atoms with E-state index in [4.69, 9.17) is 5.73 Å². The van der Waals surface area contributed by atoms with E-state index in [1.54, 1.807) is 0 Å². The summed E-state index contributed by atoms with van der Waals surface area (Å²) in [6.07, 6.45) is 8.77. The molecule has 0 fully saturated rings. The van der Waals surface area contributed by atoms with Crippen molar-refractivity contribution < 1.29 is 0 Å². The van der Waals surface area contributed by atoms with E-state index in [1.165, 1.54) is 49.3 Å². The number of para-hydroxylation sites is 3. The molecule has 0 spiro atoms. The second kappa shape index (κ2) is 12.6. The first-order valence-electron chi connectivity index (χ1n) is 17.2. The summed E-state index contributed by atoms with van der Waals surface area (Å²) >= 11 is 0. The van der Waals surface area contributed by atoms with E-state index >= 15 is 0 Å². The van der Waals surface area contributed by atoms with Gasteiger partial charge in [0.05, 0.1) is 34.7 Å². The Balaban J connectivity index is 1.21. The zero-order chi connectivity index (χ0) is 33.4. The molecule has 0 saturated heterocycles. The van der Waals surface area contributed by atoms with E-state index in [0.29, 0.717) is 6.54 Å². The molecule has 6 aromatic carbocycles. The van der Waals surface area contributed by atoms with Crippen LogP contribution < -0.4 is 16.1 Å². The summed E-state index contributed by atoms with van der Waals surface area (Å²) in [5.41, 5.74) is 16.7. The first-order valence-corrected chi connectivity index (χ1v) is 17.2. The minimum Gasteiger partial charge on any atom is -0.398 e. The number of benzene rings is 6. The molecule has 0 saturated carbocycles. The quantitative estimate of drug-likeness (QED) is 0.173. The molecule has 2 aromatic heterocycles. The van der Waals surface area contributed by atoms with Crippen LogP contribution in [0.15, 0.2) is 182 Å². The van der Waals surface area contributed by atoms with Gasteiger partial charge in [-0.25, -0.2) is 0 Å². The predicted molar refractivity (Wildman–Crippen MR) is 210 cm³/mol. The Morgan fingerprint density at radius 1 is 0.640 bits per heavy atom. The topological polar surface area (TPSA) is 51.1 Å². The van der Waals surface area contributed by atoms with Gasteiger partial charge in [0, 0.05) is 45.2 Å². The highest BCUT2D eigenvalue weighted by Crippen LogP contribution is 2.41. The van der Waals surface area contributed by atoms with Crippen molar-refractivity contribution in [1.82, 2.24) is 14.6 Å². The molecule has 0 aliphatic carbocycles. The molecule has 1 aliphatic rings. The van der Waals surface area contributed by atoms with Crippen molar-refractivity contribution in [1.29, 1.82) is 0 Å². The van der Waals surface area contributed by atoms with Gasteiger partial charge in [-0.3, -0.25) is 9.69 Å². The maximum absolute atomic E-state index is 6.70. The van der Waals surface area contributed by atoms with E-state index in [0.717, 1.165) is 29.1 Å². The second-order valence-electron chi connectivity index (χ2n) is 12.8. The van der Waals surface area contributed by atoms with Crippen LogP contribution in [-0.4, -0.2) is 22.3 Å². The summed E-state index contributed by atoms with van der Waals surface area (Å²) < 4.78 is 4.89. The number of hydrogen-bond acceptors (Lipinski definition) is 3. The lowest BCUT2D eigenvalue weighted by Crippen LogP contribution is -2.40. The third kappa shape index (κ3) is 5.07. The molecule has 1 unspecified atom stereocenters. The van der Waals surface area contributed by atoms with E-state index in [-0.39, 0.29) is 6.04 Å². The summed E-state index contributed by atoms with van der Waals surface area (Å²) in [6.45, 7) is 1.37. The van der Waals surface area contributed by atoms with E-state index in [9.17, 15) is 0 Å². The molecular weight excluding hydrogens is 611 g/mol. The van der Waals surface area contributed by atoms with Crippen molar-refractivity contribution >= 4 is 49.3 Å². The van der Waals surface area contributed by atoms with Crippen LogP contribution in [0.5, 0.6) is 0 Å². The van der Waals surface area contributed by atoms with Crippen LogP contribution >= 0.6 is 0 Å². The zero-order valence-corrected chi connectivity index (χ0v) is 27.7. The lowest BCUT2D eigenvalue weighted by molar-refractivity contribution is 0.617. The van der Waals surface area contributed by atoms with Crippen molar-refractivity contribution in [2.24, 2.45) is 5.73 Å². The van der Waals surface area contributed by atoms with Crippen LogP contribution in [0.3, 0.4) is 0 Å². The summed E-state index contributed by atoms with van der Waals surface area (Å²) in [5.74, 6) is 0. The van der Waals surface area contributed by atoms with Crippen LogP contribution in [-0.2, 0) is 0 Å². The van der Waals surface area contributed by atoms with Crippen molar-refractivity contribution in [3.63, 3.8) is 0 Å². The lowest BCUT2D eigenvalue weighted by Gasteiger charge is -2.32. The molecule has 8 aromatic rings. The second-order valence-corrected chi connectivity index (χ2v) is 12.8. The van der Waals surface area contributed by atoms with Gasteiger partial charge < -0.3 is 15.6 Å². The van der Waals surface area contributed by atoms with Crippen LogP contribution in [0.25, 0.3) is 55.0 Å². The number of nitrogens with one attached hydrogen (secondary N) is 1. The number of hydrogen-bond donors (Lipinski definition) is 2.